The molecule has 0 radical (unpaired) electrons. The summed E-state index contributed by atoms with van der Waals surface area (Å²) in [5, 5.41) is 1.02. The van der Waals surface area contributed by atoms with Crippen molar-refractivity contribution in [3.8, 4) is 17.2 Å². The second-order valence-corrected chi connectivity index (χ2v) is 4.32. The number of rotatable bonds is 5. The van der Waals surface area contributed by atoms with E-state index in [9.17, 15) is 0 Å². The van der Waals surface area contributed by atoms with Gasteiger partial charge in [0, 0.05) is 5.33 Å². The number of benzene rings is 1. The molecule has 0 N–H and O–H groups in total. The van der Waals surface area contributed by atoms with Crippen LogP contribution in [0.1, 0.15) is 12.8 Å². The lowest BCUT2D eigenvalue weighted by atomic mass is 10.3. The quantitative estimate of drug-likeness (QED) is 0.615. The van der Waals surface area contributed by atoms with Crippen molar-refractivity contribution in [2.75, 3.05) is 25.2 Å². The number of para-hydroxylation sites is 1. The zero-order valence-electron chi connectivity index (χ0n) is 9.08. The van der Waals surface area contributed by atoms with Crippen molar-refractivity contribution in [3.05, 3.63) is 18.2 Å². The van der Waals surface area contributed by atoms with E-state index in [-0.39, 0.29) is 0 Å². The summed E-state index contributed by atoms with van der Waals surface area (Å²) in [5.74, 6) is 2.31. The molecule has 1 aromatic rings. The van der Waals surface area contributed by atoms with E-state index in [1.165, 1.54) is 0 Å². The molecule has 0 spiro atoms. The molecular formula is C12H15BrO3. The van der Waals surface area contributed by atoms with Gasteiger partial charge in [-0.3, -0.25) is 0 Å². The summed E-state index contributed by atoms with van der Waals surface area (Å²) in [6.45, 7) is 1.92. The molecule has 1 aliphatic heterocycles. The highest BCUT2D eigenvalue weighted by molar-refractivity contribution is 9.09. The van der Waals surface area contributed by atoms with E-state index < -0.39 is 0 Å². The predicted octanol–water partition coefficient (Wildman–Crippen LogP) is 3.01. The van der Waals surface area contributed by atoms with E-state index in [4.69, 9.17) is 14.2 Å². The van der Waals surface area contributed by atoms with Crippen molar-refractivity contribution in [2.24, 2.45) is 0 Å². The van der Waals surface area contributed by atoms with Gasteiger partial charge in [-0.25, -0.2) is 0 Å². The zero-order valence-corrected chi connectivity index (χ0v) is 10.7. The molecule has 4 heteroatoms. The average Bonchev–Trinajstić information content (AvgIpc) is 2.35. The Morgan fingerprint density at radius 2 is 2.06 bits per heavy atom. The highest BCUT2D eigenvalue weighted by Crippen LogP contribution is 2.38. The molecule has 1 aliphatic rings. The Hall–Kier alpha value is -0.900. The number of ether oxygens (including phenoxy) is 3. The van der Waals surface area contributed by atoms with E-state index in [1.54, 1.807) is 0 Å². The monoisotopic (exact) mass is 286 g/mol. The fraction of sp³-hybridized carbons (Fsp3) is 0.500. The lowest BCUT2D eigenvalue weighted by molar-refractivity contribution is 0.161. The number of hydrogen-bond donors (Lipinski definition) is 0. The fourth-order valence-electron chi connectivity index (χ4n) is 1.54. The maximum Gasteiger partial charge on any atom is 0.203 e. The van der Waals surface area contributed by atoms with Crippen molar-refractivity contribution < 1.29 is 14.2 Å². The lowest BCUT2D eigenvalue weighted by Gasteiger charge is -2.20. The summed E-state index contributed by atoms with van der Waals surface area (Å²) in [5.41, 5.74) is 0. The molecule has 0 saturated heterocycles. The van der Waals surface area contributed by atoms with Crippen LogP contribution in [0.4, 0.5) is 0 Å². The smallest absolute Gasteiger partial charge is 0.203 e. The van der Waals surface area contributed by atoms with Crippen molar-refractivity contribution in [2.45, 2.75) is 12.8 Å². The van der Waals surface area contributed by atoms with Gasteiger partial charge in [0.05, 0.1) is 6.61 Å². The minimum absolute atomic E-state index is 0.592. The molecule has 16 heavy (non-hydrogen) atoms. The van der Waals surface area contributed by atoms with Gasteiger partial charge in [0.2, 0.25) is 5.75 Å². The van der Waals surface area contributed by atoms with Crippen molar-refractivity contribution in [3.63, 3.8) is 0 Å². The molecule has 0 fully saturated rings. The first kappa shape index (κ1) is 11.6. The van der Waals surface area contributed by atoms with Crippen molar-refractivity contribution >= 4 is 15.9 Å². The van der Waals surface area contributed by atoms with Gasteiger partial charge in [-0.2, -0.15) is 0 Å². The highest BCUT2D eigenvalue weighted by atomic mass is 79.9. The Kier molecular flexibility index (Phi) is 4.34. The van der Waals surface area contributed by atoms with E-state index in [0.717, 1.165) is 35.4 Å². The summed E-state index contributed by atoms with van der Waals surface area (Å²) >= 11 is 3.40. The first-order valence-electron chi connectivity index (χ1n) is 5.49. The maximum absolute atomic E-state index is 5.68. The SMILES string of the molecule is BrCCCCOc1cccc2c1OCCO2. The van der Waals surface area contributed by atoms with Crippen LogP contribution in [0.2, 0.25) is 0 Å². The summed E-state index contributed by atoms with van der Waals surface area (Å²) in [6, 6.07) is 5.74. The number of halogens is 1. The Balaban J connectivity index is 1.97. The first-order chi connectivity index (χ1) is 7.92. The second-order valence-electron chi connectivity index (χ2n) is 3.52. The number of alkyl halides is 1. The lowest BCUT2D eigenvalue weighted by Crippen LogP contribution is -2.16. The number of unbranched alkanes of at least 4 members (excludes halogenated alkanes) is 1. The summed E-state index contributed by atoms with van der Waals surface area (Å²) in [7, 11) is 0. The van der Waals surface area contributed by atoms with E-state index in [0.29, 0.717) is 19.8 Å². The first-order valence-corrected chi connectivity index (χ1v) is 6.61. The van der Waals surface area contributed by atoms with Crippen molar-refractivity contribution in [1.82, 2.24) is 0 Å². The third-order valence-electron chi connectivity index (χ3n) is 2.32. The van der Waals surface area contributed by atoms with Crippen LogP contribution >= 0.6 is 15.9 Å². The molecule has 0 atom stereocenters. The molecule has 2 rings (SSSR count). The van der Waals surface area contributed by atoms with Crippen LogP contribution in [0.5, 0.6) is 17.2 Å². The van der Waals surface area contributed by atoms with Gasteiger partial charge in [0.15, 0.2) is 11.5 Å². The molecule has 0 unspecified atom stereocenters. The Morgan fingerprint density at radius 1 is 1.19 bits per heavy atom. The highest BCUT2D eigenvalue weighted by Gasteiger charge is 2.16. The van der Waals surface area contributed by atoms with Crippen LogP contribution in [0.3, 0.4) is 0 Å². The predicted molar refractivity (Wildman–Crippen MR) is 66.0 cm³/mol. The zero-order chi connectivity index (χ0) is 11.2. The molecule has 88 valence electrons. The van der Waals surface area contributed by atoms with Gasteiger partial charge in [-0.1, -0.05) is 22.0 Å². The minimum Gasteiger partial charge on any atom is -0.490 e. The number of fused-ring (bicyclic) bond motifs is 1. The molecule has 0 bridgehead atoms. The van der Waals surface area contributed by atoms with Gasteiger partial charge >= 0.3 is 0 Å². The Labute approximate surface area is 104 Å². The van der Waals surface area contributed by atoms with Gasteiger partial charge in [-0.15, -0.1) is 0 Å². The van der Waals surface area contributed by atoms with Gasteiger partial charge in [0.1, 0.15) is 13.2 Å². The van der Waals surface area contributed by atoms with E-state index in [1.807, 2.05) is 18.2 Å². The molecule has 1 heterocycles. The summed E-state index contributed by atoms with van der Waals surface area (Å²) in [6.07, 6.45) is 2.15. The topological polar surface area (TPSA) is 27.7 Å². The van der Waals surface area contributed by atoms with E-state index in [2.05, 4.69) is 15.9 Å². The summed E-state index contributed by atoms with van der Waals surface area (Å²) < 4.78 is 16.7. The van der Waals surface area contributed by atoms with Crippen LogP contribution in [-0.4, -0.2) is 25.2 Å². The maximum atomic E-state index is 5.68. The third kappa shape index (κ3) is 2.82. The molecule has 0 saturated carbocycles. The summed E-state index contributed by atoms with van der Waals surface area (Å²) in [4.78, 5) is 0. The number of hydrogen-bond acceptors (Lipinski definition) is 3. The van der Waals surface area contributed by atoms with Crippen LogP contribution in [0, 0.1) is 0 Å². The molecule has 0 aliphatic carbocycles. The van der Waals surface area contributed by atoms with Gasteiger partial charge in [-0.05, 0) is 25.0 Å². The third-order valence-corrected chi connectivity index (χ3v) is 2.88. The van der Waals surface area contributed by atoms with Gasteiger partial charge in [0.25, 0.3) is 0 Å². The van der Waals surface area contributed by atoms with Crippen LogP contribution in [-0.2, 0) is 0 Å². The molecule has 0 aromatic heterocycles. The molecule has 1 aromatic carbocycles. The molecule has 0 amide bonds. The standard InChI is InChI=1S/C12H15BrO3/c13-6-1-2-7-14-10-4-3-5-11-12(10)16-9-8-15-11/h3-5H,1-2,6-9H2. The normalized spacial score (nSPS) is 13.6. The van der Waals surface area contributed by atoms with Crippen LogP contribution in [0.15, 0.2) is 18.2 Å². The van der Waals surface area contributed by atoms with Crippen LogP contribution in [0.25, 0.3) is 0 Å². The Morgan fingerprint density at radius 3 is 2.94 bits per heavy atom. The minimum atomic E-state index is 0.592. The largest absolute Gasteiger partial charge is 0.490 e. The van der Waals surface area contributed by atoms with Gasteiger partial charge < -0.3 is 14.2 Å². The van der Waals surface area contributed by atoms with Crippen molar-refractivity contribution in [1.29, 1.82) is 0 Å². The van der Waals surface area contributed by atoms with Crippen LogP contribution < -0.4 is 14.2 Å². The average molecular weight is 287 g/mol. The fourth-order valence-corrected chi connectivity index (χ4v) is 1.94. The Bertz CT molecular complexity index is 341. The molecular weight excluding hydrogens is 272 g/mol. The van der Waals surface area contributed by atoms with E-state index >= 15 is 0 Å². The second kappa shape index (κ2) is 5.99. The molecule has 3 nitrogen and oxygen atoms in total.